The number of halogens is 1. The molecule has 1 aliphatic heterocycles. The second-order valence-electron chi connectivity index (χ2n) is 3.90. The summed E-state index contributed by atoms with van der Waals surface area (Å²) in [5.41, 5.74) is 2.82. The first-order valence-electron chi connectivity index (χ1n) is 5.23. The van der Waals surface area contributed by atoms with Crippen molar-refractivity contribution in [2.45, 2.75) is 19.4 Å². The molecule has 2 nitrogen and oxygen atoms in total. The molecule has 0 amide bonds. The highest BCUT2D eigenvalue weighted by Gasteiger charge is 2.15. The molecular formula is C12H14ClNO. The predicted molar refractivity (Wildman–Crippen MR) is 60.9 cm³/mol. The van der Waals surface area contributed by atoms with Gasteiger partial charge in [-0.15, -0.1) is 0 Å². The number of rotatable bonds is 3. The Bertz CT molecular complexity index is 364. The number of carbonyl (C=O) groups is 1. The van der Waals surface area contributed by atoms with Crippen LogP contribution in [0.5, 0.6) is 0 Å². The summed E-state index contributed by atoms with van der Waals surface area (Å²) in [7, 11) is 0. The Morgan fingerprint density at radius 2 is 2.07 bits per heavy atom. The van der Waals surface area contributed by atoms with Crippen molar-refractivity contribution < 1.29 is 4.79 Å². The summed E-state index contributed by atoms with van der Waals surface area (Å²) < 4.78 is 0. The fraction of sp³-hybridized carbons (Fsp3) is 0.417. The molecule has 1 aromatic rings. The average Bonchev–Trinajstić information content (AvgIpc) is 2.26. The van der Waals surface area contributed by atoms with Gasteiger partial charge in [0, 0.05) is 26.1 Å². The number of hydrogen-bond donors (Lipinski definition) is 0. The number of nitrogens with zero attached hydrogens (tertiary/aromatic N) is 1. The van der Waals surface area contributed by atoms with Crippen LogP contribution in [0.4, 0.5) is 0 Å². The molecule has 15 heavy (non-hydrogen) atoms. The fourth-order valence-electron chi connectivity index (χ4n) is 1.99. The van der Waals surface area contributed by atoms with E-state index in [0.29, 0.717) is 6.42 Å². The van der Waals surface area contributed by atoms with E-state index in [-0.39, 0.29) is 5.24 Å². The van der Waals surface area contributed by atoms with Gasteiger partial charge in [0.15, 0.2) is 0 Å². The normalized spacial score (nSPS) is 16.1. The van der Waals surface area contributed by atoms with Crippen LogP contribution in [0.3, 0.4) is 0 Å². The van der Waals surface area contributed by atoms with Gasteiger partial charge in [0.1, 0.15) is 0 Å². The summed E-state index contributed by atoms with van der Waals surface area (Å²) in [6.45, 7) is 2.75. The van der Waals surface area contributed by atoms with Gasteiger partial charge < -0.3 is 0 Å². The first kappa shape index (κ1) is 10.7. The third-order valence-electron chi connectivity index (χ3n) is 2.83. The average molecular weight is 224 g/mol. The Morgan fingerprint density at radius 1 is 1.33 bits per heavy atom. The van der Waals surface area contributed by atoms with Crippen molar-refractivity contribution in [3.8, 4) is 0 Å². The Labute approximate surface area is 94.8 Å². The third kappa shape index (κ3) is 2.80. The van der Waals surface area contributed by atoms with Gasteiger partial charge in [0.25, 0.3) is 0 Å². The van der Waals surface area contributed by atoms with Crippen LogP contribution in [-0.2, 0) is 17.8 Å². The standard InChI is InChI=1S/C12H14ClNO/c13-12(15)6-8-14-7-5-10-3-1-2-4-11(10)9-14/h1-4H,5-9H2. The van der Waals surface area contributed by atoms with Crippen molar-refractivity contribution in [2.75, 3.05) is 13.1 Å². The molecule has 0 aromatic heterocycles. The minimum atomic E-state index is -0.242. The van der Waals surface area contributed by atoms with Crippen LogP contribution in [0.2, 0.25) is 0 Å². The molecular weight excluding hydrogens is 210 g/mol. The van der Waals surface area contributed by atoms with Gasteiger partial charge in [0.05, 0.1) is 0 Å². The van der Waals surface area contributed by atoms with Crippen LogP contribution in [0, 0.1) is 0 Å². The third-order valence-corrected chi connectivity index (χ3v) is 3.02. The molecule has 0 saturated heterocycles. The molecule has 80 valence electrons. The Balaban J connectivity index is 1.96. The van der Waals surface area contributed by atoms with Crippen molar-refractivity contribution in [1.82, 2.24) is 4.90 Å². The molecule has 2 rings (SSSR count). The Kier molecular flexibility index (Phi) is 3.39. The SMILES string of the molecule is O=C(Cl)CCN1CCc2ccccc2C1. The zero-order chi connectivity index (χ0) is 10.7. The molecule has 1 heterocycles. The van der Waals surface area contributed by atoms with E-state index >= 15 is 0 Å². The smallest absolute Gasteiger partial charge is 0.222 e. The maximum atomic E-state index is 10.7. The molecule has 0 fully saturated rings. The second-order valence-corrected chi connectivity index (χ2v) is 4.32. The van der Waals surface area contributed by atoms with E-state index < -0.39 is 0 Å². The van der Waals surface area contributed by atoms with Crippen LogP contribution in [0.15, 0.2) is 24.3 Å². The number of hydrogen-bond acceptors (Lipinski definition) is 2. The van der Waals surface area contributed by atoms with E-state index in [1.165, 1.54) is 11.1 Å². The largest absolute Gasteiger partial charge is 0.298 e. The van der Waals surface area contributed by atoms with Gasteiger partial charge in [-0.05, 0) is 29.1 Å². The summed E-state index contributed by atoms with van der Waals surface area (Å²) in [6, 6.07) is 8.48. The lowest BCUT2D eigenvalue weighted by Gasteiger charge is -2.28. The van der Waals surface area contributed by atoms with E-state index in [1.54, 1.807) is 0 Å². The summed E-state index contributed by atoms with van der Waals surface area (Å²) in [5, 5.41) is -0.242. The summed E-state index contributed by atoms with van der Waals surface area (Å²) in [5.74, 6) is 0. The van der Waals surface area contributed by atoms with Gasteiger partial charge in [-0.3, -0.25) is 9.69 Å². The molecule has 0 atom stereocenters. The molecule has 0 radical (unpaired) electrons. The van der Waals surface area contributed by atoms with E-state index in [0.717, 1.165) is 26.1 Å². The second kappa shape index (κ2) is 4.77. The number of benzene rings is 1. The Morgan fingerprint density at radius 3 is 2.80 bits per heavy atom. The molecule has 0 unspecified atom stereocenters. The van der Waals surface area contributed by atoms with Crippen molar-refractivity contribution in [3.63, 3.8) is 0 Å². The zero-order valence-corrected chi connectivity index (χ0v) is 9.33. The van der Waals surface area contributed by atoms with Crippen molar-refractivity contribution in [2.24, 2.45) is 0 Å². The number of carbonyl (C=O) groups excluding carboxylic acids is 1. The molecule has 0 spiro atoms. The van der Waals surface area contributed by atoms with E-state index in [9.17, 15) is 4.79 Å². The van der Waals surface area contributed by atoms with Crippen molar-refractivity contribution in [3.05, 3.63) is 35.4 Å². The lowest BCUT2D eigenvalue weighted by molar-refractivity contribution is -0.112. The van der Waals surface area contributed by atoms with Crippen LogP contribution in [0.25, 0.3) is 0 Å². The van der Waals surface area contributed by atoms with Gasteiger partial charge in [-0.25, -0.2) is 0 Å². The van der Waals surface area contributed by atoms with E-state index in [2.05, 4.69) is 29.2 Å². The Hall–Kier alpha value is -0.860. The molecule has 1 aliphatic rings. The number of fused-ring (bicyclic) bond motifs is 1. The minimum Gasteiger partial charge on any atom is -0.298 e. The maximum Gasteiger partial charge on any atom is 0.222 e. The molecule has 1 aromatic carbocycles. The van der Waals surface area contributed by atoms with Gasteiger partial charge in [-0.1, -0.05) is 24.3 Å². The first-order chi connectivity index (χ1) is 7.25. The summed E-state index contributed by atoms with van der Waals surface area (Å²) in [6.07, 6.45) is 1.52. The lowest BCUT2D eigenvalue weighted by atomic mass is 10.00. The van der Waals surface area contributed by atoms with Gasteiger partial charge >= 0.3 is 0 Å². The maximum absolute atomic E-state index is 10.7. The van der Waals surface area contributed by atoms with Gasteiger partial charge in [-0.2, -0.15) is 0 Å². The van der Waals surface area contributed by atoms with Gasteiger partial charge in [0.2, 0.25) is 5.24 Å². The summed E-state index contributed by atoms with van der Waals surface area (Å²) in [4.78, 5) is 13.0. The fourth-order valence-corrected chi connectivity index (χ4v) is 2.08. The monoisotopic (exact) mass is 223 g/mol. The molecule has 0 bridgehead atoms. The van der Waals surface area contributed by atoms with Crippen LogP contribution < -0.4 is 0 Å². The van der Waals surface area contributed by atoms with Crippen LogP contribution >= 0.6 is 11.6 Å². The van der Waals surface area contributed by atoms with Crippen LogP contribution in [-0.4, -0.2) is 23.2 Å². The van der Waals surface area contributed by atoms with E-state index in [4.69, 9.17) is 11.6 Å². The van der Waals surface area contributed by atoms with E-state index in [1.807, 2.05) is 0 Å². The lowest BCUT2D eigenvalue weighted by Crippen LogP contribution is -2.31. The highest BCUT2D eigenvalue weighted by atomic mass is 35.5. The predicted octanol–water partition coefficient (Wildman–Crippen LogP) is 2.20. The minimum absolute atomic E-state index is 0.242. The topological polar surface area (TPSA) is 20.3 Å². The van der Waals surface area contributed by atoms with Crippen molar-refractivity contribution in [1.29, 1.82) is 0 Å². The highest BCUT2D eigenvalue weighted by molar-refractivity contribution is 6.63. The first-order valence-corrected chi connectivity index (χ1v) is 5.61. The van der Waals surface area contributed by atoms with Crippen LogP contribution in [0.1, 0.15) is 17.5 Å². The quantitative estimate of drug-likeness (QED) is 0.733. The van der Waals surface area contributed by atoms with Crippen molar-refractivity contribution >= 4 is 16.8 Å². The molecule has 3 heteroatoms. The molecule has 0 aliphatic carbocycles. The molecule has 0 N–H and O–H groups in total. The molecule has 0 saturated carbocycles. The highest BCUT2D eigenvalue weighted by Crippen LogP contribution is 2.18. The summed E-state index contributed by atoms with van der Waals surface area (Å²) >= 11 is 5.33. The zero-order valence-electron chi connectivity index (χ0n) is 8.58.